The van der Waals surface area contributed by atoms with Gasteiger partial charge in [0.25, 0.3) is 5.91 Å². The second kappa shape index (κ2) is 8.05. The topological polar surface area (TPSA) is 67.2 Å². The van der Waals surface area contributed by atoms with Gasteiger partial charge in [-0.2, -0.15) is 5.10 Å². The van der Waals surface area contributed by atoms with Crippen LogP contribution in [0, 0.1) is 13.8 Å². The Bertz CT molecular complexity index is 1050. The molecule has 3 aliphatic rings. The summed E-state index contributed by atoms with van der Waals surface area (Å²) in [7, 11) is 0. The maximum absolute atomic E-state index is 13.9. The Labute approximate surface area is 190 Å². The molecule has 2 amide bonds. The van der Waals surface area contributed by atoms with E-state index in [2.05, 4.69) is 5.32 Å². The number of amides is 2. The third-order valence-electron chi connectivity index (χ3n) is 7.66. The maximum atomic E-state index is 13.9. The zero-order valence-corrected chi connectivity index (χ0v) is 19.5. The number of rotatable bonds is 4. The molecule has 170 valence electrons. The fourth-order valence-corrected chi connectivity index (χ4v) is 5.30. The van der Waals surface area contributed by atoms with Crippen molar-refractivity contribution in [2.45, 2.75) is 96.2 Å². The summed E-state index contributed by atoms with van der Waals surface area (Å²) in [5, 5.41) is 8.08. The third kappa shape index (κ3) is 3.63. The Hall–Kier alpha value is -2.63. The number of hydrogen-bond acceptors (Lipinski definition) is 3. The summed E-state index contributed by atoms with van der Waals surface area (Å²) in [4.78, 5) is 29.5. The van der Waals surface area contributed by atoms with Crippen molar-refractivity contribution >= 4 is 17.5 Å². The molecule has 0 saturated heterocycles. The van der Waals surface area contributed by atoms with Gasteiger partial charge < -0.3 is 5.32 Å². The van der Waals surface area contributed by atoms with E-state index in [0.717, 1.165) is 61.0 Å². The van der Waals surface area contributed by atoms with Crippen molar-refractivity contribution in [3.8, 4) is 0 Å². The zero-order valence-electron chi connectivity index (χ0n) is 19.5. The number of nitrogens with zero attached hydrogens (tertiary/aromatic N) is 3. The molecule has 2 saturated carbocycles. The van der Waals surface area contributed by atoms with Crippen molar-refractivity contribution in [2.75, 3.05) is 4.90 Å². The molecule has 1 N–H and O–H groups in total. The second-order valence-corrected chi connectivity index (χ2v) is 10.2. The predicted octanol–water partition coefficient (Wildman–Crippen LogP) is 4.64. The fraction of sp³-hybridized carbons (Fsp3) is 0.577. The molecule has 1 aromatic carbocycles. The molecule has 1 aliphatic heterocycles. The highest BCUT2D eigenvalue weighted by Crippen LogP contribution is 2.41. The van der Waals surface area contributed by atoms with Crippen LogP contribution in [0.3, 0.4) is 0 Å². The minimum atomic E-state index is -1.04. The van der Waals surface area contributed by atoms with Crippen molar-refractivity contribution in [2.24, 2.45) is 0 Å². The SMILES string of the molecule is Cc1cccc(N2C(=O)c3cc(C4CC4)nn3C[C@]2(C)C(=O)NC2CCCCCC2)c1C. The van der Waals surface area contributed by atoms with E-state index in [9.17, 15) is 9.59 Å². The maximum Gasteiger partial charge on any atom is 0.277 e. The molecule has 2 aliphatic carbocycles. The average molecular weight is 435 g/mol. The summed E-state index contributed by atoms with van der Waals surface area (Å²) in [6, 6.07) is 8.10. The molecule has 0 bridgehead atoms. The van der Waals surface area contributed by atoms with Crippen LogP contribution in [0.25, 0.3) is 0 Å². The summed E-state index contributed by atoms with van der Waals surface area (Å²) in [6.45, 7) is 6.35. The van der Waals surface area contributed by atoms with Crippen LogP contribution in [0.5, 0.6) is 0 Å². The third-order valence-corrected chi connectivity index (χ3v) is 7.66. The Balaban J connectivity index is 1.55. The van der Waals surface area contributed by atoms with Gasteiger partial charge in [-0.3, -0.25) is 19.2 Å². The van der Waals surface area contributed by atoms with Gasteiger partial charge in [-0.15, -0.1) is 0 Å². The van der Waals surface area contributed by atoms with Crippen LogP contribution in [-0.2, 0) is 11.3 Å². The van der Waals surface area contributed by atoms with Crippen LogP contribution in [0.2, 0.25) is 0 Å². The lowest BCUT2D eigenvalue weighted by atomic mass is 9.91. The Morgan fingerprint density at radius 1 is 1.09 bits per heavy atom. The number of aromatic nitrogens is 2. The summed E-state index contributed by atoms with van der Waals surface area (Å²) in [6.07, 6.45) is 9.05. The van der Waals surface area contributed by atoms with Crippen LogP contribution in [-0.4, -0.2) is 33.2 Å². The largest absolute Gasteiger partial charge is 0.351 e. The predicted molar refractivity (Wildman–Crippen MR) is 125 cm³/mol. The van der Waals surface area contributed by atoms with Gasteiger partial charge in [-0.1, -0.05) is 37.8 Å². The monoisotopic (exact) mass is 434 g/mol. The van der Waals surface area contributed by atoms with Crippen LogP contribution >= 0.6 is 0 Å². The number of carbonyl (C=O) groups is 2. The Morgan fingerprint density at radius 3 is 2.50 bits per heavy atom. The number of nitrogens with one attached hydrogen (secondary N) is 1. The smallest absolute Gasteiger partial charge is 0.277 e. The molecule has 2 heterocycles. The first kappa shape index (κ1) is 21.2. The standard InChI is InChI=1S/C26H34N4O2/c1-17-9-8-12-22(18(17)2)30-24(31)23-15-21(19-13-14-19)28-29(23)16-26(30,3)25(32)27-20-10-6-4-5-7-11-20/h8-9,12,15,19-20H,4-7,10-11,13-14,16H2,1-3H3,(H,27,32)/t26-/m1/s1. The first-order chi connectivity index (χ1) is 15.4. The molecule has 2 fully saturated rings. The van der Waals surface area contributed by atoms with E-state index in [0.29, 0.717) is 18.2 Å². The van der Waals surface area contributed by atoms with Crippen LogP contribution < -0.4 is 10.2 Å². The Morgan fingerprint density at radius 2 is 1.81 bits per heavy atom. The molecule has 2 aromatic rings. The number of carbonyl (C=O) groups excluding carboxylic acids is 2. The average Bonchev–Trinajstić information content (AvgIpc) is 3.56. The first-order valence-corrected chi connectivity index (χ1v) is 12.2. The molecule has 1 aromatic heterocycles. The van der Waals surface area contributed by atoms with E-state index in [-0.39, 0.29) is 17.9 Å². The van der Waals surface area contributed by atoms with Gasteiger partial charge >= 0.3 is 0 Å². The summed E-state index contributed by atoms with van der Waals surface area (Å²) in [5.74, 6) is 0.247. The van der Waals surface area contributed by atoms with E-state index in [1.54, 1.807) is 9.58 Å². The summed E-state index contributed by atoms with van der Waals surface area (Å²) < 4.78 is 1.78. The van der Waals surface area contributed by atoms with Crippen LogP contribution in [0.4, 0.5) is 5.69 Å². The molecule has 32 heavy (non-hydrogen) atoms. The van der Waals surface area contributed by atoms with Gasteiger partial charge in [0, 0.05) is 17.6 Å². The minimum Gasteiger partial charge on any atom is -0.351 e. The minimum absolute atomic E-state index is 0.0761. The number of aryl methyl sites for hydroxylation is 1. The molecule has 1 atom stereocenters. The quantitative estimate of drug-likeness (QED) is 0.713. The lowest BCUT2D eigenvalue weighted by Gasteiger charge is -2.44. The van der Waals surface area contributed by atoms with Crippen LogP contribution in [0.1, 0.15) is 91.5 Å². The molecule has 0 unspecified atom stereocenters. The van der Waals surface area contributed by atoms with Gasteiger partial charge in [0.2, 0.25) is 5.91 Å². The van der Waals surface area contributed by atoms with E-state index in [4.69, 9.17) is 5.10 Å². The molecular formula is C26H34N4O2. The molecule has 6 heteroatoms. The highest BCUT2D eigenvalue weighted by molar-refractivity contribution is 6.12. The summed E-state index contributed by atoms with van der Waals surface area (Å²) in [5.41, 5.74) is 3.50. The second-order valence-electron chi connectivity index (χ2n) is 10.2. The molecule has 5 rings (SSSR count). The van der Waals surface area contributed by atoms with E-state index >= 15 is 0 Å². The van der Waals surface area contributed by atoms with Gasteiger partial charge in [0.1, 0.15) is 11.2 Å². The van der Waals surface area contributed by atoms with Gasteiger partial charge in [0.05, 0.1) is 12.2 Å². The number of fused-ring (bicyclic) bond motifs is 1. The number of benzene rings is 1. The van der Waals surface area contributed by atoms with Crippen molar-refractivity contribution in [1.82, 2.24) is 15.1 Å². The van der Waals surface area contributed by atoms with E-state index in [1.165, 1.54) is 12.8 Å². The Kier molecular flexibility index (Phi) is 5.34. The molecule has 0 radical (unpaired) electrons. The van der Waals surface area contributed by atoms with E-state index < -0.39 is 5.54 Å². The summed E-state index contributed by atoms with van der Waals surface area (Å²) >= 11 is 0. The van der Waals surface area contributed by atoms with Crippen molar-refractivity contribution in [3.05, 3.63) is 46.8 Å². The fourth-order valence-electron chi connectivity index (χ4n) is 5.30. The molecule has 0 spiro atoms. The number of hydrogen-bond donors (Lipinski definition) is 1. The molecular weight excluding hydrogens is 400 g/mol. The normalized spacial score (nSPS) is 24.2. The zero-order chi connectivity index (χ0) is 22.5. The van der Waals surface area contributed by atoms with Crippen molar-refractivity contribution in [3.63, 3.8) is 0 Å². The highest BCUT2D eigenvalue weighted by atomic mass is 16.2. The lowest BCUT2D eigenvalue weighted by molar-refractivity contribution is -0.127. The number of anilines is 1. The van der Waals surface area contributed by atoms with Gasteiger partial charge in [-0.05, 0) is 69.7 Å². The first-order valence-electron chi connectivity index (χ1n) is 12.2. The molecule has 6 nitrogen and oxygen atoms in total. The lowest BCUT2D eigenvalue weighted by Crippen LogP contribution is -2.65. The van der Waals surface area contributed by atoms with Crippen molar-refractivity contribution in [1.29, 1.82) is 0 Å². The van der Waals surface area contributed by atoms with Gasteiger partial charge in [0.15, 0.2) is 0 Å². The van der Waals surface area contributed by atoms with Crippen molar-refractivity contribution < 1.29 is 9.59 Å². The van der Waals surface area contributed by atoms with Crippen LogP contribution in [0.15, 0.2) is 24.3 Å². The van der Waals surface area contributed by atoms with Gasteiger partial charge in [-0.25, -0.2) is 0 Å². The van der Waals surface area contributed by atoms with E-state index in [1.807, 2.05) is 45.0 Å². The highest BCUT2D eigenvalue weighted by Gasteiger charge is 2.50.